The second kappa shape index (κ2) is 10.2. The Bertz CT molecular complexity index is 2880. The van der Waals surface area contributed by atoms with E-state index in [1.165, 1.54) is 93.9 Å². The lowest BCUT2D eigenvalue weighted by Crippen LogP contribution is -2.44. The zero-order chi connectivity index (χ0) is 33.9. The second-order valence-corrected chi connectivity index (χ2v) is 14.9. The minimum atomic E-state index is -0.499. The minimum Gasteiger partial charge on any atom is -0.309 e. The first-order valence-corrected chi connectivity index (χ1v) is 18.0. The van der Waals surface area contributed by atoms with E-state index in [1.54, 1.807) is 0 Å². The van der Waals surface area contributed by atoms with E-state index in [1.807, 2.05) is 0 Å². The van der Waals surface area contributed by atoms with Gasteiger partial charge in [-0.2, -0.15) is 0 Å². The van der Waals surface area contributed by atoms with Gasteiger partial charge in [0.1, 0.15) is 0 Å². The van der Waals surface area contributed by atoms with Gasteiger partial charge in [0.15, 0.2) is 0 Å². The average molecular weight is 650 g/mol. The van der Waals surface area contributed by atoms with Crippen LogP contribution in [0.2, 0.25) is 0 Å². The van der Waals surface area contributed by atoms with Gasteiger partial charge in [0.2, 0.25) is 0 Å². The molecular weight excluding hydrogens is 615 g/mol. The van der Waals surface area contributed by atoms with E-state index in [9.17, 15) is 0 Å². The third-order valence-electron chi connectivity index (χ3n) is 12.1. The molecule has 1 heteroatoms. The van der Waals surface area contributed by atoms with Crippen LogP contribution >= 0.6 is 0 Å². The Kier molecular flexibility index (Phi) is 5.72. The van der Waals surface area contributed by atoms with Gasteiger partial charge in [-0.05, 0) is 84.6 Å². The predicted molar refractivity (Wildman–Crippen MR) is 213 cm³/mol. The van der Waals surface area contributed by atoms with Crippen LogP contribution in [0.25, 0.3) is 60.5 Å². The molecule has 51 heavy (non-hydrogen) atoms. The van der Waals surface area contributed by atoms with Crippen molar-refractivity contribution in [3.05, 3.63) is 209 Å². The van der Waals surface area contributed by atoms with Crippen LogP contribution in [0.15, 0.2) is 176 Å². The molecular formula is C50H35N. The lowest BCUT2D eigenvalue weighted by atomic mass is 9.53. The van der Waals surface area contributed by atoms with Gasteiger partial charge in [-0.1, -0.05) is 172 Å². The van der Waals surface area contributed by atoms with Gasteiger partial charge < -0.3 is 4.57 Å². The first-order valence-electron chi connectivity index (χ1n) is 18.0. The van der Waals surface area contributed by atoms with Crippen molar-refractivity contribution in [3.8, 4) is 27.9 Å². The predicted octanol–water partition coefficient (Wildman–Crippen LogP) is 12.6. The zero-order valence-electron chi connectivity index (χ0n) is 28.7. The normalized spacial score (nSPS) is 16.7. The molecule has 1 aliphatic carbocycles. The molecule has 1 aromatic heterocycles. The van der Waals surface area contributed by atoms with Crippen LogP contribution in [-0.4, -0.2) is 4.57 Å². The Balaban J connectivity index is 1.21. The Morgan fingerprint density at radius 1 is 0.392 bits per heavy atom. The van der Waals surface area contributed by atoms with Gasteiger partial charge in [0.25, 0.3) is 0 Å². The van der Waals surface area contributed by atoms with E-state index >= 15 is 0 Å². The molecule has 1 spiro atoms. The Hall–Kier alpha value is -6.18. The van der Waals surface area contributed by atoms with Crippen LogP contribution in [0.1, 0.15) is 47.2 Å². The van der Waals surface area contributed by atoms with Crippen molar-refractivity contribution in [2.24, 2.45) is 0 Å². The largest absolute Gasteiger partial charge is 0.309 e. The van der Waals surface area contributed by atoms with Gasteiger partial charge in [-0.3, -0.25) is 0 Å². The number of para-hydroxylation sites is 3. The highest BCUT2D eigenvalue weighted by atomic mass is 15.0. The Morgan fingerprint density at radius 2 is 0.980 bits per heavy atom. The Morgan fingerprint density at radius 3 is 1.84 bits per heavy atom. The number of rotatable bonds is 2. The third-order valence-corrected chi connectivity index (χ3v) is 12.1. The fourth-order valence-corrected chi connectivity index (χ4v) is 9.83. The number of benzene rings is 8. The minimum absolute atomic E-state index is 0.180. The first-order chi connectivity index (χ1) is 25.1. The van der Waals surface area contributed by atoms with E-state index in [-0.39, 0.29) is 5.41 Å². The van der Waals surface area contributed by atoms with Crippen molar-refractivity contribution in [2.45, 2.75) is 24.7 Å². The number of nitrogens with zero attached hydrogens (tertiary/aromatic N) is 1. The van der Waals surface area contributed by atoms with E-state index in [2.05, 4.69) is 194 Å². The molecule has 0 N–H and O–H groups in total. The molecule has 240 valence electrons. The van der Waals surface area contributed by atoms with Crippen molar-refractivity contribution in [2.75, 3.05) is 0 Å². The summed E-state index contributed by atoms with van der Waals surface area (Å²) < 4.78 is 2.53. The Labute approximate surface area is 298 Å². The molecule has 9 aromatic rings. The van der Waals surface area contributed by atoms with Gasteiger partial charge in [0.05, 0.1) is 22.1 Å². The van der Waals surface area contributed by atoms with Gasteiger partial charge in [-0.25, -0.2) is 0 Å². The molecule has 8 aromatic carbocycles. The molecule has 0 saturated carbocycles. The average Bonchev–Trinajstić information content (AvgIpc) is 3.53. The zero-order valence-corrected chi connectivity index (χ0v) is 28.7. The summed E-state index contributed by atoms with van der Waals surface area (Å²) in [5.74, 6) is 0. The second-order valence-electron chi connectivity index (χ2n) is 14.9. The summed E-state index contributed by atoms with van der Waals surface area (Å²) in [6.07, 6.45) is 0. The molecule has 0 bridgehead atoms. The molecule has 0 saturated heterocycles. The summed E-state index contributed by atoms with van der Waals surface area (Å²) in [4.78, 5) is 0. The highest BCUT2D eigenvalue weighted by Crippen LogP contribution is 2.60. The molecule has 2 aliphatic rings. The van der Waals surface area contributed by atoms with Crippen LogP contribution in [0, 0.1) is 0 Å². The maximum atomic E-state index is 2.53. The molecule has 1 aliphatic heterocycles. The number of hydrogen-bond acceptors (Lipinski definition) is 0. The summed E-state index contributed by atoms with van der Waals surface area (Å²) in [6.45, 7) is 4.81. The highest BCUT2D eigenvalue weighted by molar-refractivity contribution is 6.12. The van der Waals surface area contributed by atoms with Gasteiger partial charge >= 0.3 is 0 Å². The summed E-state index contributed by atoms with van der Waals surface area (Å²) >= 11 is 0. The molecule has 1 unspecified atom stereocenters. The summed E-state index contributed by atoms with van der Waals surface area (Å²) in [7, 11) is 0. The molecule has 11 rings (SSSR count). The van der Waals surface area contributed by atoms with E-state index < -0.39 is 5.41 Å². The van der Waals surface area contributed by atoms with Crippen molar-refractivity contribution in [3.63, 3.8) is 0 Å². The first kappa shape index (κ1) is 28.6. The molecule has 1 atom stereocenters. The van der Waals surface area contributed by atoms with Crippen LogP contribution < -0.4 is 0 Å². The monoisotopic (exact) mass is 649 g/mol. The van der Waals surface area contributed by atoms with Crippen molar-refractivity contribution in [1.29, 1.82) is 0 Å². The maximum absolute atomic E-state index is 2.53. The molecule has 0 amide bonds. The number of hydrogen-bond donors (Lipinski definition) is 0. The van der Waals surface area contributed by atoms with Crippen molar-refractivity contribution < 1.29 is 0 Å². The van der Waals surface area contributed by atoms with Crippen LogP contribution in [0.5, 0.6) is 0 Å². The van der Waals surface area contributed by atoms with Crippen LogP contribution in [0.4, 0.5) is 0 Å². The fraction of sp³-hybridized carbons (Fsp3) is 0.0800. The summed E-state index contributed by atoms with van der Waals surface area (Å²) in [5, 5.41) is 5.16. The van der Waals surface area contributed by atoms with Gasteiger partial charge in [0, 0.05) is 16.2 Å². The topological polar surface area (TPSA) is 4.93 Å². The lowest BCUT2D eigenvalue weighted by Gasteiger charge is -2.50. The summed E-state index contributed by atoms with van der Waals surface area (Å²) in [6, 6.07) is 66.0. The molecule has 0 fully saturated rings. The van der Waals surface area contributed by atoms with Crippen LogP contribution in [-0.2, 0) is 10.8 Å². The molecule has 2 heterocycles. The number of aromatic nitrogens is 1. The number of fused-ring (bicyclic) bond motifs is 12. The van der Waals surface area contributed by atoms with E-state index in [0.717, 1.165) is 0 Å². The van der Waals surface area contributed by atoms with E-state index in [0.29, 0.717) is 0 Å². The van der Waals surface area contributed by atoms with Crippen molar-refractivity contribution >= 4 is 32.6 Å². The smallest absolute Gasteiger partial charge is 0.0748 e. The standard InChI is InChI=1S/C50H35N/c1-49(2)40-19-6-7-20-42(40)50(43-21-8-10-24-47(43)51-46-23-9-5-16-38(46)39-18-12-22-44(50)48(39)51)45-31-35(29-30-41(45)49)32-25-27-34(28-26-32)37-17-11-14-33-13-3-4-15-36(33)37/h3-31H,1-2H3. The van der Waals surface area contributed by atoms with Crippen LogP contribution in [0.3, 0.4) is 0 Å². The van der Waals surface area contributed by atoms with E-state index in [4.69, 9.17) is 0 Å². The van der Waals surface area contributed by atoms with Gasteiger partial charge in [-0.15, -0.1) is 0 Å². The SMILES string of the molecule is CC1(C)c2ccccc2C2(c3ccccc3-n3c4ccccc4c4cccc2c43)c2cc(-c3ccc(-c4cccc5ccccc45)cc3)ccc21. The third kappa shape index (κ3) is 3.65. The fourth-order valence-electron chi connectivity index (χ4n) is 9.83. The quantitative estimate of drug-likeness (QED) is 0.176. The molecule has 0 radical (unpaired) electrons. The maximum Gasteiger partial charge on any atom is 0.0748 e. The lowest BCUT2D eigenvalue weighted by molar-refractivity contribution is 0.556. The highest BCUT2D eigenvalue weighted by Gasteiger charge is 2.52. The van der Waals surface area contributed by atoms with Crippen molar-refractivity contribution in [1.82, 2.24) is 4.57 Å². The summed E-state index contributed by atoms with van der Waals surface area (Å²) in [5.41, 5.74) is 16.3. The molecule has 1 nitrogen and oxygen atoms in total.